The number of carbonyl (C=O) groups is 2. The van der Waals surface area contributed by atoms with E-state index in [0.717, 1.165) is 5.56 Å². The van der Waals surface area contributed by atoms with E-state index < -0.39 is 12.0 Å². The average Bonchev–Trinajstić information content (AvgIpc) is 2.30. The van der Waals surface area contributed by atoms with Gasteiger partial charge in [0.15, 0.2) is 0 Å². The molecule has 3 N–H and O–H groups in total. The van der Waals surface area contributed by atoms with Crippen molar-refractivity contribution in [1.29, 1.82) is 0 Å². The quantitative estimate of drug-likeness (QED) is 0.710. The minimum atomic E-state index is -1.07. The molecule has 0 heterocycles. The minimum absolute atomic E-state index is 0.123. The molecular weight excluding hydrogens is 222 g/mol. The number of phenols is 1. The van der Waals surface area contributed by atoms with E-state index in [-0.39, 0.29) is 24.5 Å². The van der Waals surface area contributed by atoms with Gasteiger partial charge in [0.2, 0.25) is 5.91 Å². The predicted octanol–water partition coefficient (Wildman–Crippen LogP) is 0.914. The van der Waals surface area contributed by atoms with Crippen LogP contribution in [0, 0.1) is 0 Å². The Morgan fingerprint density at radius 3 is 2.35 bits per heavy atom. The summed E-state index contributed by atoms with van der Waals surface area (Å²) in [5, 5.41) is 20.5. The van der Waals surface area contributed by atoms with Crippen molar-refractivity contribution in [2.24, 2.45) is 0 Å². The Morgan fingerprint density at radius 1 is 1.29 bits per heavy atom. The standard InChI is InChI=1S/C12H15NO4/c1-2-11(15)13-10(12(16)17)7-8-3-5-9(14)6-4-8/h3-6,10,14H,2,7H2,1H3,(H,13,15)(H,16,17)/t10-/m1/s1. The molecule has 0 unspecified atom stereocenters. The van der Waals surface area contributed by atoms with E-state index in [4.69, 9.17) is 10.2 Å². The molecule has 0 spiro atoms. The zero-order chi connectivity index (χ0) is 12.8. The Bertz CT molecular complexity index is 399. The lowest BCUT2D eigenvalue weighted by Gasteiger charge is -2.14. The predicted molar refractivity (Wildman–Crippen MR) is 61.7 cm³/mol. The van der Waals surface area contributed by atoms with E-state index >= 15 is 0 Å². The second-order valence-electron chi connectivity index (χ2n) is 3.68. The first kappa shape index (κ1) is 13.0. The Hall–Kier alpha value is -2.04. The van der Waals surface area contributed by atoms with Gasteiger partial charge in [0.1, 0.15) is 11.8 Å². The summed E-state index contributed by atoms with van der Waals surface area (Å²) < 4.78 is 0. The first-order valence-corrected chi connectivity index (χ1v) is 5.33. The van der Waals surface area contributed by atoms with Gasteiger partial charge in [0.25, 0.3) is 0 Å². The normalized spacial score (nSPS) is 11.8. The van der Waals surface area contributed by atoms with Crippen LogP contribution in [0.2, 0.25) is 0 Å². The maximum absolute atomic E-state index is 11.2. The number of rotatable bonds is 5. The number of aromatic hydroxyl groups is 1. The molecule has 0 aliphatic heterocycles. The fourth-order valence-electron chi connectivity index (χ4n) is 1.36. The van der Waals surface area contributed by atoms with E-state index in [2.05, 4.69) is 5.32 Å². The van der Waals surface area contributed by atoms with Gasteiger partial charge in [0.05, 0.1) is 0 Å². The number of phenolic OH excluding ortho intramolecular Hbond substituents is 1. The maximum atomic E-state index is 11.2. The van der Waals surface area contributed by atoms with Gasteiger partial charge < -0.3 is 15.5 Å². The van der Waals surface area contributed by atoms with E-state index in [1.165, 1.54) is 12.1 Å². The van der Waals surface area contributed by atoms with E-state index in [1.54, 1.807) is 19.1 Å². The molecule has 0 aromatic heterocycles. The number of carboxylic acid groups (broad SMARTS) is 1. The number of hydrogen-bond acceptors (Lipinski definition) is 3. The van der Waals surface area contributed by atoms with Crippen LogP contribution in [0.25, 0.3) is 0 Å². The number of benzene rings is 1. The number of amides is 1. The second-order valence-corrected chi connectivity index (χ2v) is 3.68. The summed E-state index contributed by atoms with van der Waals surface area (Å²) in [6.45, 7) is 1.66. The first-order valence-electron chi connectivity index (χ1n) is 5.33. The SMILES string of the molecule is CCC(=O)N[C@H](Cc1ccc(O)cc1)C(=O)O. The molecule has 92 valence electrons. The van der Waals surface area contributed by atoms with E-state index in [0.29, 0.717) is 0 Å². The van der Waals surface area contributed by atoms with Crippen molar-refractivity contribution in [3.05, 3.63) is 29.8 Å². The average molecular weight is 237 g/mol. The zero-order valence-electron chi connectivity index (χ0n) is 9.51. The lowest BCUT2D eigenvalue weighted by atomic mass is 10.1. The third kappa shape index (κ3) is 4.14. The van der Waals surface area contributed by atoms with Crippen LogP contribution >= 0.6 is 0 Å². The molecule has 0 radical (unpaired) electrons. The Balaban J connectivity index is 2.70. The molecule has 17 heavy (non-hydrogen) atoms. The van der Waals surface area contributed by atoms with Crippen LogP contribution in [0.15, 0.2) is 24.3 Å². The second kappa shape index (κ2) is 5.89. The number of carbonyl (C=O) groups excluding carboxylic acids is 1. The van der Waals surface area contributed by atoms with Crippen molar-refractivity contribution in [3.8, 4) is 5.75 Å². The van der Waals surface area contributed by atoms with Gasteiger partial charge in [-0.2, -0.15) is 0 Å². The number of hydrogen-bond donors (Lipinski definition) is 3. The van der Waals surface area contributed by atoms with Crippen molar-refractivity contribution in [3.63, 3.8) is 0 Å². The van der Waals surface area contributed by atoms with Gasteiger partial charge in [-0.15, -0.1) is 0 Å². The summed E-state index contributed by atoms with van der Waals surface area (Å²) in [5.74, 6) is -1.24. The van der Waals surface area contributed by atoms with Crippen molar-refractivity contribution >= 4 is 11.9 Å². The fourth-order valence-corrected chi connectivity index (χ4v) is 1.36. The number of nitrogens with one attached hydrogen (secondary N) is 1. The Labute approximate surface area is 99.1 Å². The lowest BCUT2D eigenvalue weighted by molar-refractivity contribution is -0.141. The van der Waals surface area contributed by atoms with Gasteiger partial charge in [-0.25, -0.2) is 4.79 Å². The summed E-state index contributed by atoms with van der Waals surface area (Å²) in [6, 6.07) is 5.28. The van der Waals surface area contributed by atoms with Gasteiger partial charge in [0, 0.05) is 12.8 Å². The largest absolute Gasteiger partial charge is 0.508 e. The fraction of sp³-hybridized carbons (Fsp3) is 0.333. The highest BCUT2D eigenvalue weighted by molar-refractivity contribution is 5.83. The summed E-state index contributed by atoms with van der Waals surface area (Å²) in [4.78, 5) is 22.1. The summed E-state index contributed by atoms with van der Waals surface area (Å²) >= 11 is 0. The molecule has 0 aliphatic rings. The third-order valence-corrected chi connectivity index (χ3v) is 2.33. The van der Waals surface area contributed by atoms with Gasteiger partial charge in [-0.1, -0.05) is 19.1 Å². The number of aliphatic carboxylic acids is 1. The van der Waals surface area contributed by atoms with Gasteiger partial charge >= 0.3 is 5.97 Å². The molecule has 1 atom stereocenters. The van der Waals surface area contributed by atoms with Gasteiger partial charge in [-0.05, 0) is 17.7 Å². The van der Waals surface area contributed by atoms with Crippen LogP contribution in [-0.4, -0.2) is 28.1 Å². The molecule has 5 nitrogen and oxygen atoms in total. The van der Waals surface area contributed by atoms with Crippen molar-refractivity contribution in [1.82, 2.24) is 5.32 Å². The Kier molecular flexibility index (Phi) is 4.51. The van der Waals surface area contributed by atoms with Crippen LogP contribution in [0.4, 0.5) is 0 Å². The molecule has 0 saturated heterocycles. The van der Waals surface area contributed by atoms with Crippen LogP contribution < -0.4 is 5.32 Å². The van der Waals surface area contributed by atoms with Gasteiger partial charge in [-0.3, -0.25) is 4.79 Å². The molecule has 1 amide bonds. The summed E-state index contributed by atoms with van der Waals surface area (Å²) in [7, 11) is 0. The number of carboxylic acids is 1. The van der Waals surface area contributed by atoms with Crippen molar-refractivity contribution in [2.45, 2.75) is 25.8 Å². The summed E-state index contributed by atoms with van der Waals surface area (Å²) in [5.41, 5.74) is 0.742. The third-order valence-electron chi connectivity index (χ3n) is 2.33. The molecule has 1 rings (SSSR count). The van der Waals surface area contributed by atoms with Crippen LogP contribution in [0.5, 0.6) is 5.75 Å². The zero-order valence-corrected chi connectivity index (χ0v) is 9.51. The Morgan fingerprint density at radius 2 is 1.88 bits per heavy atom. The van der Waals surface area contributed by atoms with Crippen molar-refractivity contribution < 1.29 is 19.8 Å². The van der Waals surface area contributed by atoms with Crippen molar-refractivity contribution in [2.75, 3.05) is 0 Å². The molecule has 0 bridgehead atoms. The highest BCUT2D eigenvalue weighted by atomic mass is 16.4. The molecule has 0 aliphatic carbocycles. The highest BCUT2D eigenvalue weighted by Gasteiger charge is 2.19. The van der Waals surface area contributed by atoms with Crippen LogP contribution in [0.1, 0.15) is 18.9 Å². The molecule has 1 aromatic carbocycles. The summed E-state index contributed by atoms with van der Waals surface area (Å²) in [6.07, 6.45) is 0.445. The maximum Gasteiger partial charge on any atom is 0.326 e. The smallest absolute Gasteiger partial charge is 0.326 e. The highest BCUT2D eigenvalue weighted by Crippen LogP contribution is 2.11. The molecular formula is C12H15NO4. The topological polar surface area (TPSA) is 86.6 Å². The van der Waals surface area contributed by atoms with Crippen LogP contribution in [0.3, 0.4) is 0 Å². The van der Waals surface area contributed by atoms with E-state index in [1.807, 2.05) is 0 Å². The molecule has 5 heteroatoms. The minimum Gasteiger partial charge on any atom is -0.508 e. The monoisotopic (exact) mass is 237 g/mol. The first-order chi connectivity index (χ1) is 8.02. The molecule has 1 aromatic rings. The molecule has 0 saturated carbocycles. The van der Waals surface area contributed by atoms with Crippen LogP contribution in [-0.2, 0) is 16.0 Å². The van der Waals surface area contributed by atoms with E-state index in [9.17, 15) is 9.59 Å². The lowest BCUT2D eigenvalue weighted by Crippen LogP contribution is -2.42. The molecule has 0 fully saturated rings.